The van der Waals surface area contributed by atoms with E-state index in [1.807, 2.05) is 0 Å². The standard InChI is InChI=1S/C13H12F3N3O/c1-7-5-19(8(2)18-7)10-3-9(6-20)12(17)11(4-10)13(14,15)16/h3-6H,17H2,1-2H3. The molecule has 0 amide bonds. The van der Waals surface area contributed by atoms with Crippen molar-refractivity contribution in [2.24, 2.45) is 0 Å². The van der Waals surface area contributed by atoms with E-state index in [-0.39, 0.29) is 11.3 Å². The molecule has 7 heteroatoms. The molecule has 0 bridgehead atoms. The molecule has 0 saturated heterocycles. The van der Waals surface area contributed by atoms with Crippen LogP contribution in [0.3, 0.4) is 0 Å². The summed E-state index contributed by atoms with van der Waals surface area (Å²) in [5.74, 6) is 0.525. The number of alkyl halides is 3. The summed E-state index contributed by atoms with van der Waals surface area (Å²) in [4.78, 5) is 15.0. The summed E-state index contributed by atoms with van der Waals surface area (Å²) in [6.07, 6.45) is -2.72. The van der Waals surface area contributed by atoms with Crippen LogP contribution >= 0.6 is 0 Å². The predicted molar refractivity (Wildman–Crippen MR) is 67.8 cm³/mol. The van der Waals surface area contributed by atoms with Gasteiger partial charge in [0.05, 0.1) is 16.9 Å². The molecular weight excluding hydrogens is 271 g/mol. The van der Waals surface area contributed by atoms with Crippen LogP contribution in [0.25, 0.3) is 5.69 Å². The van der Waals surface area contributed by atoms with Gasteiger partial charge in [-0.1, -0.05) is 0 Å². The SMILES string of the molecule is Cc1cn(-c2cc(C=O)c(N)c(C(F)(F)F)c2)c(C)n1. The normalized spacial score (nSPS) is 11.7. The third kappa shape index (κ3) is 2.38. The first-order valence-electron chi connectivity index (χ1n) is 5.73. The lowest BCUT2D eigenvalue weighted by atomic mass is 10.1. The van der Waals surface area contributed by atoms with E-state index in [0.717, 1.165) is 6.07 Å². The summed E-state index contributed by atoms with van der Waals surface area (Å²) in [5.41, 5.74) is 4.48. The van der Waals surface area contributed by atoms with Crippen molar-refractivity contribution in [3.63, 3.8) is 0 Å². The molecule has 4 nitrogen and oxygen atoms in total. The quantitative estimate of drug-likeness (QED) is 0.681. The Morgan fingerprint density at radius 3 is 2.40 bits per heavy atom. The summed E-state index contributed by atoms with van der Waals surface area (Å²) in [7, 11) is 0. The van der Waals surface area contributed by atoms with Crippen molar-refractivity contribution in [2.45, 2.75) is 20.0 Å². The van der Waals surface area contributed by atoms with Crippen molar-refractivity contribution < 1.29 is 18.0 Å². The third-order valence-corrected chi connectivity index (χ3v) is 2.91. The van der Waals surface area contributed by atoms with Gasteiger partial charge in [0.25, 0.3) is 0 Å². The number of nitrogens with two attached hydrogens (primary N) is 1. The molecule has 1 aromatic carbocycles. The second kappa shape index (κ2) is 4.66. The van der Waals surface area contributed by atoms with E-state index in [4.69, 9.17) is 5.73 Å². The maximum Gasteiger partial charge on any atom is 0.418 e. The Kier molecular flexibility index (Phi) is 3.29. The highest BCUT2D eigenvalue weighted by Gasteiger charge is 2.34. The molecule has 0 fully saturated rings. The number of carbonyl (C=O) groups is 1. The average Bonchev–Trinajstić information content (AvgIpc) is 2.67. The fourth-order valence-corrected chi connectivity index (χ4v) is 2.01. The highest BCUT2D eigenvalue weighted by atomic mass is 19.4. The maximum atomic E-state index is 12.9. The Hall–Kier alpha value is -2.31. The molecule has 0 saturated carbocycles. The summed E-state index contributed by atoms with van der Waals surface area (Å²) in [5, 5.41) is 0. The summed E-state index contributed by atoms with van der Waals surface area (Å²) in [6, 6.07) is 2.22. The van der Waals surface area contributed by atoms with Gasteiger partial charge in [0, 0.05) is 17.4 Å². The molecule has 2 aromatic rings. The van der Waals surface area contributed by atoms with Crippen LogP contribution in [0.2, 0.25) is 0 Å². The van der Waals surface area contributed by atoms with E-state index in [2.05, 4.69) is 4.98 Å². The number of benzene rings is 1. The van der Waals surface area contributed by atoms with Crippen LogP contribution in [0, 0.1) is 13.8 Å². The lowest BCUT2D eigenvalue weighted by Gasteiger charge is -2.15. The topological polar surface area (TPSA) is 60.9 Å². The van der Waals surface area contributed by atoms with Crippen molar-refractivity contribution in [3.05, 3.63) is 41.0 Å². The fourth-order valence-electron chi connectivity index (χ4n) is 2.01. The lowest BCUT2D eigenvalue weighted by molar-refractivity contribution is -0.136. The summed E-state index contributed by atoms with van der Waals surface area (Å²) in [6.45, 7) is 3.39. The lowest BCUT2D eigenvalue weighted by Crippen LogP contribution is -2.12. The van der Waals surface area contributed by atoms with Crippen molar-refractivity contribution in [3.8, 4) is 5.69 Å². The highest BCUT2D eigenvalue weighted by Crippen LogP contribution is 2.36. The monoisotopic (exact) mass is 283 g/mol. The average molecular weight is 283 g/mol. The number of halogens is 3. The number of aromatic nitrogens is 2. The molecule has 0 unspecified atom stereocenters. The van der Waals surface area contributed by atoms with Gasteiger partial charge in [-0.3, -0.25) is 4.79 Å². The Morgan fingerprint density at radius 1 is 1.30 bits per heavy atom. The van der Waals surface area contributed by atoms with Crippen LogP contribution in [0.5, 0.6) is 0 Å². The van der Waals surface area contributed by atoms with E-state index in [9.17, 15) is 18.0 Å². The van der Waals surface area contributed by atoms with Crippen LogP contribution in [-0.2, 0) is 6.18 Å². The zero-order chi connectivity index (χ0) is 15.1. The van der Waals surface area contributed by atoms with Crippen LogP contribution in [-0.4, -0.2) is 15.8 Å². The van der Waals surface area contributed by atoms with Gasteiger partial charge in [-0.25, -0.2) is 4.98 Å². The van der Waals surface area contributed by atoms with Crippen molar-refractivity contribution >= 4 is 12.0 Å². The maximum absolute atomic E-state index is 12.9. The van der Waals surface area contributed by atoms with Gasteiger partial charge in [0.1, 0.15) is 5.82 Å². The second-order valence-corrected chi connectivity index (χ2v) is 4.41. The van der Waals surface area contributed by atoms with Gasteiger partial charge in [0.2, 0.25) is 0 Å². The van der Waals surface area contributed by atoms with Crippen molar-refractivity contribution in [2.75, 3.05) is 5.73 Å². The smallest absolute Gasteiger partial charge is 0.398 e. The van der Waals surface area contributed by atoms with E-state index < -0.39 is 17.4 Å². The first-order valence-corrected chi connectivity index (χ1v) is 5.73. The highest BCUT2D eigenvalue weighted by molar-refractivity contribution is 5.86. The fraction of sp³-hybridized carbons (Fsp3) is 0.231. The number of aldehydes is 1. The Morgan fingerprint density at radius 2 is 1.95 bits per heavy atom. The van der Waals surface area contributed by atoms with Crippen LogP contribution in [0.4, 0.5) is 18.9 Å². The Balaban J connectivity index is 2.72. The number of anilines is 1. The Labute approximate surface area is 113 Å². The van der Waals surface area contributed by atoms with Gasteiger partial charge >= 0.3 is 6.18 Å². The molecule has 0 spiro atoms. The molecule has 1 aromatic heterocycles. The van der Waals surface area contributed by atoms with Crippen LogP contribution < -0.4 is 5.73 Å². The van der Waals surface area contributed by atoms with E-state index in [1.165, 1.54) is 10.6 Å². The van der Waals surface area contributed by atoms with E-state index in [0.29, 0.717) is 17.8 Å². The van der Waals surface area contributed by atoms with E-state index >= 15 is 0 Å². The number of nitrogens with zero attached hydrogens (tertiary/aromatic N) is 2. The molecule has 0 aliphatic rings. The number of hydrogen-bond acceptors (Lipinski definition) is 3. The van der Waals surface area contributed by atoms with E-state index in [1.54, 1.807) is 20.0 Å². The van der Waals surface area contributed by atoms with Gasteiger partial charge in [-0.2, -0.15) is 13.2 Å². The van der Waals surface area contributed by atoms with Crippen LogP contribution in [0.1, 0.15) is 27.4 Å². The number of hydrogen-bond donors (Lipinski definition) is 1. The molecule has 2 N–H and O–H groups in total. The summed E-state index contributed by atoms with van der Waals surface area (Å²) < 4.78 is 40.3. The van der Waals surface area contributed by atoms with Gasteiger partial charge in [-0.05, 0) is 26.0 Å². The number of carbonyl (C=O) groups excluding carboxylic acids is 1. The first kappa shape index (κ1) is 14.1. The molecule has 2 rings (SSSR count). The summed E-state index contributed by atoms with van der Waals surface area (Å²) >= 11 is 0. The number of aryl methyl sites for hydroxylation is 2. The van der Waals surface area contributed by atoms with Crippen molar-refractivity contribution in [1.82, 2.24) is 9.55 Å². The Bertz CT molecular complexity index is 674. The first-order chi connectivity index (χ1) is 9.24. The minimum Gasteiger partial charge on any atom is -0.398 e. The molecule has 0 aliphatic heterocycles. The molecule has 106 valence electrons. The molecule has 0 atom stereocenters. The molecule has 0 aliphatic carbocycles. The molecular formula is C13H12F3N3O. The van der Waals surface area contributed by atoms with Gasteiger partial charge in [-0.15, -0.1) is 0 Å². The second-order valence-electron chi connectivity index (χ2n) is 4.41. The number of rotatable bonds is 2. The minimum atomic E-state index is -4.62. The van der Waals surface area contributed by atoms with Crippen LogP contribution in [0.15, 0.2) is 18.3 Å². The zero-order valence-electron chi connectivity index (χ0n) is 10.8. The van der Waals surface area contributed by atoms with Crippen molar-refractivity contribution in [1.29, 1.82) is 0 Å². The third-order valence-electron chi connectivity index (χ3n) is 2.91. The molecule has 0 radical (unpaired) electrons. The zero-order valence-corrected chi connectivity index (χ0v) is 10.8. The molecule has 20 heavy (non-hydrogen) atoms. The number of nitrogen functional groups attached to an aromatic ring is 1. The van der Waals surface area contributed by atoms with Gasteiger partial charge < -0.3 is 10.3 Å². The van der Waals surface area contributed by atoms with Gasteiger partial charge in [0.15, 0.2) is 6.29 Å². The predicted octanol–water partition coefficient (Wildman–Crippen LogP) is 2.90. The minimum absolute atomic E-state index is 0.194. The molecule has 1 heterocycles. The largest absolute Gasteiger partial charge is 0.418 e. The number of imidazole rings is 1.